The van der Waals surface area contributed by atoms with E-state index in [9.17, 15) is 4.79 Å². The van der Waals surface area contributed by atoms with Crippen molar-refractivity contribution >= 4 is 6.08 Å². The highest BCUT2D eigenvalue weighted by atomic mass is 16.5. The summed E-state index contributed by atoms with van der Waals surface area (Å²) in [6, 6.07) is 0. The van der Waals surface area contributed by atoms with E-state index < -0.39 is 0 Å². The van der Waals surface area contributed by atoms with E-state index in [4.69, 9.17) is 4.74 Å². The van der Waals surface area contributed by atoms with E-state index in [1.165, 1.54) is 51.0 Å². The van der Waals surface area contributed by atoms with Crippen molar-refractivity contribution in [2.75, 3.05) is 6.61 Å². The largest absolute Gasteiger partial charge is 0.356 e. The molecule has 16 heavy (non-hydrogen) atoms. The maximum Gasteiger partial charge on any atom is 0.237 e. The fourth-order valence-corrected chi connectivity index (χ4v) is 1.60. The zero-order valence-corrected chi connectivity index (χ0v) is 10.7. The van der Waals surface area contributed by atoms with Crippen LogP contribution in [0.2, 0.25) is 0 Å². The smallest absolute Gasteiger partial charge is 0.237 e. The Hall–Kier alpha value is -0.660. The summed E-state index contributed by atoms with van der Waals surface area (Å²) in [6.07, 6.45) is 11.5. The van der Waals surface area contributed by atoms with Crippen LogP contribution in [0.4, 0.5) is 0 Å². The van der Waals surface area contributed by atoms with Crippen molar-refractivity contribution in [2.45, 2.75) is 71.4 Å². The van der Waals surface area contributed by atoms with Gasteiger partial charge in [0.1, 0.15) is 0 Å². The molecule has 1 atom stereocenters. The fourth-order valence-electron chi connectivity index (χ4n) is 1.60. The van der Waals surface area contributed by atoms with Crippen LogP contribution in [0, 0.1) is 0 Å². The van der Waals surface area contributed by atoms with Gasteiger partial charge in [-0.15, -0.1) is 0 Å². The summed E-state index contributed by atoms with van der Waals surface area (Å²) >= 11 is 0. The van der Waals surface area contributed by atoms with E-state index in [2.05, 4.69) is 11.9 Å². The summed E-state index contributed by atoms with van der Waals surface area (Å²) in [7, 11) is 0. The van der Waals surface area contributed by atoms with Crippen LogP contribution in [0.15, 0.2) is 4.99 Å². The van der Waals surface area contributed by atoms with Gasteiger partial charge in [0.05, 0.1) is 0 Å². The fraction of sp³-hybridized carbons (Fsp3) is 0.923. The normalized spacial score (nSPS) is 12.1. The Morgan fingerprint density at radius 2 is 1.62 bits per heavy atom. The van der Waals surface area contributed by atoms with Gasteiger partial charge in [0.25, 0.3) is 0 Å². The van der Waals surface area contributed by atoms with Crippen LogP contribution in [-0.4, -0.2) is 18.9 Å². The van der Waals surface area contributed by atoms with Gasteiger partial charge >= 0.3 is 0 Å². The second-order valence-corrected chi connectivity index (χ2v) is 4.17. The van der Waals surface area contributed by atoms with Crippen molar-refractivity contribution < 1.29 is 9.53 Å². The molecule has 0 aliphatic heterocycles. The van der Waals surface area contributed by atoms with Crippen molar-refractivity contribution in [2.24, 2.45) is 4.99 Å². The molecule has 0 aromatic rings. The molecule has 0 aromatic carbocycles. The predicted octanol–water partition coefficient (Wildman–Crippen LogP) is 3.83. The first-order valence-corrected chi connectivity index (χ1v) is 6.49. The van der Waals surface area contributed by atoms with E-state index in [0.29, 0.717) is 6.61 Å². The SMILES string of the molecule is CCCCCCCCCCOC(C)N=C=O. The molecule has 0 aliphatic carbocycles. The molecule has 0 rings (SSSR count). The highest BCUT2D eigenvalue weighted by Gasteiger charge is 1.97. The molecule has 0 saturated heterocycles. The lowest BCUT2D eigenvalue weighted by Crippen LogP contribution is -2.05. The average molecular weight is 227 g/mol. The van der Waals surface area contributed by atoms with E-state index in [1.54, 1.807) is 6.92 Å². The Morgan fingerprint density at radius 1 is 1.06 bits per heavy atom. The molecular weight excluding hydrogens is 202 g/mol. The van der Waals surface area contributed by atoms with Gasteiger partial charge in [-0.25, -0.2) is 4.79 Å². The van der Waals surface area contributed by atoms with Crippen LogP contribution >= 0.6 is 0 Å². The first-order valence-electron chi connectivity index (χ1n) is 6.49. The second kappa shape index (κ2) is 12.4. The topological polar surface area (TPSA) is 38.7 Å². The van der Waals surface area contributed by atoms with Crippen molar-refractivity contribution in [1.82, 2.24) is 0 Å². The highest BCUT2D eigenvalue weighted by molar-refractivity contribution is 5.32. The number of carbonyl (C=O) groups excluding carboxylic acids is 1. The van der Waals surface area contributed by atoms with Crippen molar-refractivity contribution in [3.05, 3.63) is 0 Å². The first-order chi connectivity index (χ1) is 7.81. The number of rotatable bonds is 11. The molecule has 0 bridgehead atoms. The number of nitrogens with zero attached hydrogens (tertiary/aromatic N) is 1. The molecule has 0 heterocycles. The zero-order valence-electron chi connectivity index (χ0n) is 10.7. The molecule has 94 valence electrons. The molecule has 0 N–H and O–H groups in total. The van der Waals surface area contributed by atoms with Crippen LogP contribution < -0.4 is 0 Å². The summed E-state index contributed by atoms with van der Waals surface area (Å²) in [5, 5.41) is 0. The molecule has 3 nitrogen and oxygen atoms in total. The van der Waals surface area contributed by atoms with Crippen LogP contribution in [0.5, 0.6) is 0 Å². The van der Waals surface area contributed by atoms with E-state index in [1.807, 2.05) is 0 Å². The molecule has 0 spiro atoms. The number of hydrogen-bond acceptors (Lipinski definition) is 3. The lowest BCUT2D eigenvalue weighted by molar-refractivity contribution is 0.0693. The summed E-state index contributed by atoms with van der Waals surface area (Å²) in [6.45, 7) is 4.69. The summed E-state index contributed by atoms with van der Waals surface area (Å²) < 4.78 is 5.30. The van der Waals surface area contributed by atoms with E-state index in [0.717, 1.165) is 6.42 Å². The predicted molar refractivity (Wildman–Crippen MR) is 66.1 cm³/mol. The number of unbranched alkanes of at least 4 members (excludes halogenated alkanes) is 7. The standard InChI is InChI=1S/C13H25NO2/c1-3-4-5-6-7-8-9-10-11-16-13(2)14-12-15/h13H,3-11H2,1-2H3. The van der Waals surface area contributed by atoms with Gasteiger partial charge in [-0.2, -0.15) is 4.99 Å². The van der Waals surface area contributed by atoms with E-state index >= 15 is 0 Å². The van der Waals surface area contributed by atoms with Gasteiger partial charge in [-0.05, 0) is 13.3 Å². The van der Waals surface area contributed by atoms with Gasteiger partial charge in [0, 0.05) is 6.61 Å². The Balaban J connectivity index is 3.06. The third-order valence-corrected chi connectivity index (χ3v) is 2.59. The minimum absolute atomic E-state index is 0.331. The second-order valence-electron chi connectivity index (χ2n) is 4.17. The zero-order chi connectivity index (χ0) is 12.1. The van der Waals surface area contributed by atoms with Crippen molar-refractivity contribution in [1.29, 1.82) is 0 Å². The molecular formula is C13H25NO2. The van der Waals surface area contributed by atoms with Gasteiger partial charge < -0.3 is 4.74 Å². The Bertz CT molecular complexity index is 188. The number of aliphatic imine (C=N–C) groups is 1. The van der Waals surface area contributed by atoms with Crippen molar-refractivity contribution in [3.63, 3.8) is 0 Å². The first kappa shape index (κ1) is 15.3. The molecule has 0 aromatic heterocycles. The van der Waals surface area contributed by atoms with Gasteiger partial charge in [-0.3, -0.25) is 0 Å². The molecule has 3 heteroatoms. The number of ether oxygens (including phenoxy) is 1. The number of hydrogen-bond donors (Lipinski definition) is 0. The van der Waals surface area contributed by atoms with Crippen molar-refractivity contribution in [3.8, 4) is 0 Å². The summed E-state index contributed by atoms with van der Waals surface area (Å²) in [4.78, 5) is 13.4. The lowest BCUT2D eigenvalue weighted by atomic mass is 10.1. The van der Waals surface area contributed by atoms with Crippen LogP contribution in [0.1, 0.15) is 65.2 Å². The Labute approximate surface area is 99.3 Å². The molecule has 0 radical (unpaired) electrons. The van der Waals surface area contributed by atoms with Gasteiger partial charge in [0.2, 0.25) is 6.08 Å². The third kappa shape index (κ3) is 11.4. The molecule has 0 fully saturated rings. The lowest BCUT2D eigenvalue weighted by Gasteiger charge is -2.06. The molecule has 0 amide bonds. The van der Waals surface area contributed by atoms with Crippen LogP contribution in [0.3, 0.4) is 0 Å². The average Bonchev–Trinajstić information content (AvgIpc) is 2.27. The molecule has 1 unspecified atom stereocenters. The minimum Gasteiger partial charge on any atom is -0.356 e. The number of isocyanates is 1. The quantitative estimate of drug-likeness (QED) is 0.306. The Kier molecular flexibility index (Phi) is 11.9. The maximum absolute atomic E-state index is 9.90. The van der Waals surface area contributed by atoms with Crippen LogP contribution in [0.25, 0.3) is 0 Å². The van der Waals surface area contributed by atoms with Crippen LogP contribution in [-0.2, 0) is 9.53 Å². The van der Waals surface area contributed by atoms with Gasteiger partial charge in [-0.1, -0.05) is 51.9 Å². The molecule has 0 aliphatic rings. The minimum atomic E-state index is -0.331. The summed E-state index contributed by atoms with van der Waals surface area (Å²) in [5.41, 5.74) is 0. The molecule has 0 saturated carbocycles. The van der Waals surface area contributed by atoms with Gasteiger partial charge in [0.15, 0.2) is 6.23 Å². The maximum atomic E-state index is 9.90. The Morgan fingerprint density at radius 3 is 2.19 bits per heavy atom. The monoisotopic (exact) mass is 227 g/mol. The summed E-state index contributed by atoms with van der Waals surface area (Å²) in [5.74, 6) is 0. The van der Waals surface area contributed by atoms with E-state index in [-0.39, 0.29) is 6.23 Å². The third-order valence-electron chi connectivity index (χ3n) is 2.59. The highest BCUT2D eigenvalue weighted by Crippen LogP contribution is 2.08.